The van der Waals surface area contributed by atoms with Gasteiger partial charge in [-0.15, -0.1) is 0 Å². The number of nitrogens with one attached hydrogen (secondary N) is 2. The Morgan fingerprint density at radius 1 is 1.14 bits per heavy atom. The van der Waals surface area contributed by atoms with Gasteiger partial charge >= 0.3 is 0 Å². The van der Waals surface area contributed by atoms with Crippen LogP contribution in [0.1, 0.15) is 34.5 Å². The van der Waals surface area contributed by atoms with E-state index < -0.39 is 27.5 Å². The molecule has 2 aromatic heterocycles. The first-order valence-corrected chi connectivity index (χ1v) is 11.0. The Morgan fingerprint density at radius 2 is 1.83 bits per heavy atom. The molecule has 0 fully saturated rings. The predicted molar refractivity (Wildman–Crippen MR) is 108 cm³/mol. The van der Waals surface area contributed by atoms with Gasteiger partial charge < -0.3 is 10.3 Å². The second kappa shape index (κ2) is 8.08. The number of hydrogen-bond acceptors (Lipinski definition) is 5. The van der Waals surface area contributed by atoms with Crippen LogP contribution in [0.5, 0.6) is 0 Å². The maximum absolute atomic E-state index is 13.6. The quantitative estimate of drug-likeness (QED) is 0.602. The topological polar surface area (TPSA) is 87.7 Å². The van der Waals surface area contributed by atoms with E-state index in [1.807, 2.05) is 0 Å². The first kappa shape index (κ1) is 21.2. The van der Waals surface area contributed by atoms with Gasteiger partial charge in [0.1, 0.15) is 29.3 Å². The molecule has 10 heteroatoms. The van der Waals surface area contributed by atoms with Crippen LogP contribution in [-0.2, 0) is 15.6 Å². The third-order valence-electron chi connectivity index (χ3n) is 4.27. The van der Waals surface area contributed by atoms with E-state index in [9.17, 15) is 17.2 Å². The van der Waals surface area contributed by atoms with Crippen LogP contribution in [0.25, 0.3) is 0 Å². The van der Waals surface area contributed by atoms with Crippen molar-refractivity contribution in [1.29, 1.82) is 0 Å². The van der Waals surface area contributed by atoms with Crippen LogP contribution < -0.4 is 5.32 Å². The molecular weight excluding hydrogens is 422 g/mol. The standard InChI is InChI=1S/C19H19ClF2N4O2S/c1-10-14(21)6-7-17(23-10)26-18(12-4-5-15(22)13(20)8-12)19-24-11(2)16(25-19)9-29(3,27)28/h4-8,18H,9H2,1-3H3,(H,23,26)(H,24,25). The monoisotopic (exact) mass is 440 g/mol. The fourth-order valence-electron chi connectivity index (χ4n) is 2.82. The highest BCUT2D eigenvalue weighted by Gasteiger charge is 2.22. The molecule has 6 nitrogen and oxygen atoms in total. The van der Waals surface area contributed by atoms with E-state index in [0.717, 1.165) is 6.26 Å². The van der Waals surface area contributed by atoms with Crippen LogP contribution >= 0.6 is 11.6 Å². The summed E-state index contributed by atoms with van der Waals surface area (Å²) in [6.07, 6.45) is 1.13. The van der Waals surface area contributed by atoms with Crippen molar-refractivity contribution in [1.82, 2.24) is 15.0 Å². The SMILES string of the molecule is Cc1nc(NC(c2ccc(F)c(Cl)c2)c2nc(CS(C)(=O)=O)c(C)[nH]2)ccc1F. The van der Waals surface area contributed by atoms with E-state index in [1.54, 1.807) is 6.92 Å². The fourth-order valence-corrected chi connectivity index (χ4v) is 3.79. The molecule has 2 heterocycles. The maximum atomic E-state index is 13.6. The third kappa shape index (κ3) is 5.10. The summed E-state index contributed by atoms with van der Waals surface area (Å²) in [4.78, 5) is 11.7. The van der Waals surface area contributed by atoms with Crippen LogP contribution in [0.15, 0.2) is 30.3 Å². The van der Waals surface area contributed by atoms with Crippen molar-refractivity contribution in [3.8, 4) is 0 Å². The second-order valence-electron chi connectivity index (χ2n) is 6.78. The normalized spacial score (nSPS) is 12.8. The second-order valence-corrected chi connectivity index (χ2v) is 9.33. The number of halogens is 3. The summed E-state index contributed by atoms with van der Waals surface area (Å²) in [5, 5.41) is 3.06. The largest absolute Gasteiger partial charge is 0.356 e. The van der Waals surface area contributed by atoms with Gasteiger partial charge in [0.2, 0.25) is 0 Å². The van der Waals surface area contributed by atoms with Crippen molar-refractivity contribution >= 4 is 27.3 Å². The lowest BCUT2D eigenvalue weighted by Gasteiger charge is -2.19. The van der Waals surface area contributed by atoms with Crippen molar-refractivity contribution in [3.63, 3.8) is 0 Å². The molecular formula is C19H19ClF2N4O2S. The Morgan fingerprint density at radius 3 is 2.45 bits per heavy atom. The van der Waals surface area contributed by atoms with Crippen LogP contribution in [0.4, 0.5) is 14.6 Å². The molecule has 0 saturated heterocycles. The van der Waals surface area contributed by atoms with Gasteiger partial charge in [0.15, 0.2) is 9.84 Å². The minimum Gasteiger partial charge on any atom is -0.356 e. The molecule has 0 aliphatic heterocycles. The molecule has 0 saturated carbocycles. The van der Waals surface area contributed by atoms with Gasteiger partial charge in [-0.05, 0) is 43.7 Å². The zero-order valence-electron chi connectivity index (χ0n) is 15.9. The number of aryl methyl sites for hydroxylation is 2. The molecule has 29 heavy (non-hydrogen) atoms. The zero-order valence-corrected chi connectivity index (χ0v) is 17.5. The van der Waals surface area contributed by atoms with Crippen molar-refractivity contribution in [2.75, 3.05) is 11.6 Å². The van der Waals surface area contributed by atoms with E-state index in [-0.39, 0.29) is 16.5 Å². The Bertz CT molecular complexity index is 1170. The smallest absolute Gasteiger partial charge is 0.153 e. The van der Waals surface area contributed by atoms with Crippen LogP contribution in [-0.4, -0.2) is 29.6 Å². The van der Waals surface area contributed by atoms with E-state index in [2.05, 4.69) is 20.3 Å². The molecule has 1 atom stereocenters. The number of pyridine rings is 1. The van der Waals surface area contributed by atoms with Crippen molar-refractivity contribution in [3.05, 3.63) is 75.5 Å². The average Bonchev–Trinajstić information content (AvgIpc) is 2.97. The zero-order chi connectivity index (χ0) is 21.3. The number of nitrogens with zero attached hydrogens (tertiary/aromatic N) is 2. The molecule has 3 aromatic rings. The van der Waals surface area contributed by atoms with Crippen molar-refractivity contribution < 1.29 is 17.2 Å². The van der Waals surface area contributed by atoms with E-state index in [0.29, 0.717) is 28.6 Å². The minimum atomic E-state index is -3.29. The Kier molecular flexibility index (Phi) is 5.90. The molecule has 1 unspecified atom stereocenters. The molecule has 1 aromatic carbocycles. The van der Waals surface area contributed by atoms with Crippen LogP contribution in [0, 0.1) is 25.5 Å². The Hall–Kier alpha value is -2.52. The Balaban J connectivity index is 2.06. The Labute approximate surface area is 172 Å². The highest BCUT2D eigenvalue weighted by Crippen LogP contribution is 2.29. The maximum Gasteiger partial charge on any atom is 0.153 e. The van der Waals surface area contributed by atoms with Gasteiger partial charge in [-0.25, -0.2) is 27.2 Å². The molecule has 3 rings (SSSR count). The number of anilines is 1. The highest BCUT2D eigenvalue weighted by atomic mass is 35.5. The lowest BCUT2D eigenvalue weighted by atomic mass is 10.1. The summed E-state index contributed by atoms with van der Waals surface area (Å²) in [7, 11) is -3.29. The lowest BCUT2D eigenvalue weighted by molar-refractivity contribution is 0.600. The van der Waals surface area contributed by atoms with Gasteiger partial charge in [-0.3, -0.25) is 0 Å². The predicted octanol–water partition coefficient (Wildman–Crippen LogP) is 4.10. The van der Waals surface area contributed by atoms with E-state index in [1.165, 1.54) is 37.3 Å². The van der Waals surface area contributed by atoms with Gasteiger partial charge in [0.05, 0.1) is 22.2 Å². The first-order valence-electron chi connectivity index (χ1n) is 8.61. The van der Waals surface area contributed by atoms with Crippen LogP contribution in [0.2, 0.25) is 5.02 Å². The number of H-pyrrole nitrogens is 1. The summed E-state index contributed by atoms with van der Waals surface area (Å²) in [5.41, 5.74) is 1.75. The van der Waals surface area contributed by atoms with Gasteiger partial charge in [-0.2, -0.15) is 0 Å². The lowest BCUT2D eigenvalue weighted by Crippen LogP contribution is -2.16. The number of rotatable bonds is 6. The minimum absolute atomic E-state index is 0.0721. The van der Waals surface area contributed by atoms with Crippen molar-refractivity contribution in [2.24, 2.45) is 0 Å². The number of benzene rings is 1. The van der Waals surface area contributed by atoms with Crippen molar-refractivity contribution in [2.45, 2.75) is 25.6 Å². The number of sulfone groups is 1. The molecule has 0 amide bonds. The molecule has 0 spiro atoms. The van der Waals surface area contributed by atoms with E-state index >= 15 is 0 Å². The summed E-state index contributed by atoms with van der Waals surface area (Å²) in [6.45, 7) is 3.25. The number of imidazole rings is 1. The van der Waals surface area contributed by atoms with Gasteiger partial charge in [0.25, 0.3) is 0 Å². The summed E-state index contributed by atoms with van der Waals surface area (Å²) < 4.78 is 50.6. The summed E-state index contributed by atoms with van der Waals surface area (Å²) in [6, 6.07) is 6.29. The average molecular weight is 441 g/mol. The van der Waals surface area contributed by atoms with Crippen LogP contribution in [0.3, 0.4) is 0 Å². The molecule has 0 bridgehead atoms. The fraction of sp³-hybridized carbons (Fsp3) is 0.263. The summed E-state index contributed by atoms with van der Waals surface area (Å²) >= 11 is 5.94. The number of aromatic nitrogens is 3. The van der Waals surface area contributed by atoms with E-state index in [4.69, 9.17) is 11.6 Å². The number of hydrogen-bond donors (Lipinski definition) is 2. The first-order chi connectivity index (χ1) is 13.5. The van der Waals surface area contributed by atoms with Gasteiger partial charge in [0, 0.05) is 11.9 Å². The molecule has 2 N–H and O–H groups in total. The molecule has 0 aliphatic carbocycles. The number of aromatic amines is 1. The van der Waals surface area contributed by atoms with Gasteiger partial charge in [-0.1, -0.05) is 17.7 Å². The molecule has 154 valence electrons. The summed E-state index contributed by atoms with van der Waals surface area (Å²) in [5.74, 6) is -0.472. The highest BCUT2D eigenvalue weighted by molar-refractivity contribution is 7.89. The molecule has 0 aliphatic rings. The molecule has 0 radical (unpaired) electrons. The third-order valence-corrected chi connectivity index (χ3v) is 5.35.